The van der Waals surface area contributed by atoms with Crippen molar-refractivity contribution in [2.75, 3.05) is 47.3 Å². The molecular formula is C16H28FN3. The topological polar surface area (TPSA) is 18.5 Å². The molecule has 1 aromatic rings. The summed E-state index contributed by atoms with van der Waals surface area (Å²) in [6.07, 6.45) is 1.05. The Balaban J connectivity index is 2.67. The molecule has 0 saturated carbocycles. The Morgan fingerprint density at radius 3 is 2.45 bits per heavy atom. The fourth-order valence-corrected chi connectivity index (χ4v) is 2.12. The lowest BCUT2D eigenvalue weighted by Crippen LogP contribution is -2.37. The molecule has 0 heterocycles. The van der Waals surface area contributed by atoms with Crippen molar-refractivity contribution in [3.05, 3.63) is 35.6 Å². The number of nitrogens with one attached hydrogen (secondary N) is 1. The predicted molar refractivity (Wildman–Crippen MR) is 83.5 cm³/mol. The molecule has 20 heavy (non-hydrogen) atoms. The molecule has 1 N–H and O–H groups in total. The molecule has 1 unspecified atom stereocenters. The molecule has 0 bridgehead atoms. The molecule has 1 atom stereocenters. The molecule has 0 spiro atoms. The van der Waals surface area contributed by atoms with E-state index >= 15 is 0 Å². The summed E-state index contributed by atoms with van der Waals surface area (Å²) in [6.45, 7) is 5.83. The van der Waals surface area contributed by atoms with E-state index in [1.54, 1.807) is 6.07 Å². The zero-order valence-electron chi connectivity index (χ0n) is 13.2. The van der Waals surface area contributed by atoms with Gasteiger partial charge in [0.05, 0.1) is 0 Å². The van der Waals surface area contributed by atoms with Crippen molar-refractivity contribution in [3.63, 3.8) is 0 Å². The molecule has 4 heteroatoms. The lowest BCUT2D eigenvalue weighted by Gasteiger charge is -2.26. The Hall–Kier alpha value is -0.970. The second-order valence-corrected chi connectivity index (χ2v) is 5.59. The third-order valence-corrected chi connectivity index (χ3v) is 3.34. The van der Waals surface area contributed by atoms with E-state index in [9.17, 15) is 4.39 Å². The van der Waals surface area contributed by atoms with Gasteiger partial charge in [0, 0.05) is 31.2 Å². The van der Waals surface area contributed by atoms with E-state index in [0.717, 1.165) is 38.2 Å². The van der Waals surface area contributed by atoms with Crippen LogP contribution in [0.1, 0.15) is 24.9 Å². The summed E-state index contributed by atoms with van der Waals surface area (Å²) in [5.74, 6) is -0.123. The number of nitrogens with zero attached hydrogens (tertiary/aromatic N) is 2. The van der Waals surface area contributed by atoms with Gasteiger partial charge in [-0.3, -0.25) is 0 Å². The Kier molecular flexibility index (Phi) is 7.73. The maximum Gasteiger partial charge on any atom is 0.128 e. The monoisotopic (exact) mass is 281 g/mol. The summed E-state index contributed by atoms with van der Waals surface area (Å²) < 4.78 is 14.0. The third kappa shape index (κ3) is 5.99. The molecule has 0 radical (unpaired) electrons. The average molecular weight is 281 g/mol. The number of hydrogen-bond acceptors (Lipinski definition) is 3. The van der Waals surface area contributed by atoms with Crippen molar-refractivity contribution in [2.24, 2.45) is 0 Å². The zero-order chi connectivity index (χ0) is 15.0. The van der Waals surface area contributed by atoms with Crippen LogP contribution in [0, 0.1) is 5.82 Å². The van der Waals surface area contributed by atoms with Gasteiger partial charge in [0.1, 0.15) is 5.82 Å². The van der Waals surface area contributed by atoms with Gasteiger partial charge >= 0.3 is 0 Å². The maximum absolute atomic E-state index is 14.0. The highest BCUT2D eigenvalue weighted by Gasteiger charge is 2.16. The second-order valence-electron chi connectivity index (χ2n) is 5.59. The summed E-state index contributed by atoms with van der Waals surface area (Å²) in [6, 6.07) is 7.10. The van der Waals surface area contributed by atoms with Crippen molar-refractivity contribution in [1.82, 2.24) is 15.1 Å². The SMILES string of the molecule is CCCNC(CN(C)CCN(C)C)c1ccccc1F. The molecule has 0 aliphatic carbocycles. The van der Waals surface area contributed by atoms with Crippen LogP contribution in [0.3, 0.4) is 0 Å². The Morgan fingerprint density at radius 1 is 1.15 bits per heavy atom. The summed E-state index contributed by atoms with van der Waals surface area (Å²) in [4.78, 5) is 4.41. The first-order valence-corrected chi connectivity index (χ1v) is 7.35. The molecule has 1 aromatic carbocycles. The number of rotatable bonds is 9. The summed E-state index contributed by atoms with van der Waals surface area (Å²) in [7, 11) is 6.22. The summed E-state index contributed by atoms with van der Waals surface area (Å²) in [5, 5.41) is 3.45. The Bertz CT molecular complexity index is 382. The standard InChI is InChI=1S/C16H28FN3/c1-5-10-18-16(13-20(4)12-11-19(2)3)14-8-6-7-9-15(14)17/h6-9,16,18H,5,10-13H2,1-4H3. The molecule has 0 amide bonds. The smallest absolute Gasteiger partial charge is 0.128 e. The van der Waals surface area contributed by atoms with E-state index in [0.29, 0.717) is 0 Å². The van der Waals surface area contributed by atoms with Crippen LogP contribution in [0.2, 0.25) is 0 Å². The number of likely N-dealkylation sites (N-methyl/N-ethyl adjacent to an activating group) is 2. The van der Waals surface area contributed by atoms with E-state index < -0.39 is 0 Å². The number of halogens is 1. The van der Waals surface area contributed by atoms with Crippen LogP contribution in [-0.2, 0) is 0 Å². The lowest BCUT2D eigenvalue weighted by molar-refractivity contribution is 0.254. The predicted octanol–water partition coefficient (Wildman–Crippen LogP) is 2.36. The second kappa shape index (κ2) is 9.06. The third-order valence-electron chi connectivity index (χ3n) is 3.34. The van der Waals surface area contributed by atoms with E-state index in [1.165, 1.54) is 6.07 Å². The van der Waals surface area contributed by atoms with Crippen LogP contribution in [0.25, 0.3) is 0 Å². The van der Waals surface area contributed by atoms with Gasteiger partial charge in [0.25, 0.3) is 0 Å². The van der Waals surface area contributed by atoms with Gasteiger partial charge < -0.3 is 15.1 Å². The largest absolute Gasteiger partial charge is 0.309 e. The average Bonchev–Trinajstić information content (AvgIpc) is 2.42. The summed E-state index contributed by atoms with van der Waals surface area (Å²) >= 11 is 0. The van der Waals surface area contributed by atoms with Crippen molar-refractivity contribution < 1.29 is 4.39 Å². The molecule has 3 nitrogen and oxygen atoms in total. The first-order valence-electron chi connectivity index (χ1n) is 7.35. The van der Waals surface area contributed by atoms with E-state index in [1.807, 2.05) is 12.1 Å². The summed E-state index contributed by atoms with van der Waals surface area (Å²) in [5.41, 5.74) is 0.762. The molecule has 0 aliphatic heterocycles. The molecule has 114 valence electrons. The molecular weight excluding hydrogens is 253 g/mol. The maximum atomic E-state index is 14.0. The highest BCUT2D eigenvalue weighted by molar-refractivity contribution is 5.21. The molecule has 1 rings (SSSR count). The van der Waals surface area contributed by atoms with Crippen LogP contribution < -0.4 is 5.32 Å². The van der Waals surface area contributed by atoms with Crippen molar-refractivity contribution in [2.45, 2.75) is 19.4 Å². The van der Waals surface area contributed by atoms with E-state index in [-0.39, 0.29) is 11.9 Å². The first-order chi connectivity index (χ1) is 9.54. The van der Waals surface area contributed by atoms with Crippen molar-refractivity contribution >= 4 is 0 Å². The van der Waals surface area contributed by atoms with Gasteiger partial charge in [-0.15, -0.1) is 0 Å². The minimum Gasteiger partial charge on any atom is -0.309 e. The van der Waals surface area contributed by atoms with Crippen LogP contribution in [0.15, 0.2) is 24.3 Å². The quantitative estimate of drug-likeness (QED) is 0.749. The zero-order valence-corrected chi connectivity index (χ0v) is 13.2. The minimum atomic E-state index is -0.123. The molecule has 0 saturated heterocycles. The van der Waals surface area contributed by atoms with Gasteiger partial charge in [-0.25, -0.2) is 4.39 Å². The normalized spacial score (nSPS) is 13.2. The number of hydrogen-bond donors (Lipinski definition) is 1. The van der Waals surface area contributed by atoms with Crippen molar-refractivity contribution in [1.29, 1.82) is 0 Å². The van der Waals surface area contributed by atoms with Crippen LogP contribution >= 0.6 is 0 Å². The van der Waals surface area contributed by atoms with Gasteiger partial charge in [-0.1, -0.05) is 25.1 Å². The van der Waals surface area contributed by atoms with Gasteiger partial charge in [-0.05, 0) is 40.2 Å². The molecule has 0 aromatic heterocycles. The molecule has 0 fully saturated rings. The highest BCUT2D eigenvalue weighted by Crippen LogP contribution is 2.17. The van der Waals surface area contributed by atoms with Crippen LogP contribution in [0.4, 0.5) is 4.39 Å². The van der Waals surface area contributed by atoms with Gasteiger partial charge in [0.15, 0.2) is 0 Å². The number of benzene rings is 1. The van der Waals surface area contributed by atoms with E-state index in [2.05, 4.69) is 43.2 Å². The lowest BCUT2D eigenvalue weighted by atomic mass is 10.1. The van der Waals surface area contributed by atoms with Gasteiger partial charge in [-0.2, -0.15) is 0 Å². The van der Waals surface area contributed by atoms with Gasteiger partial charge in [0.2, 0.25) is 0 Å². The highest BCUT2D eigenvalue weighted by atomic mass is 19.1. The molecule has 0 aliphatic rings. The fraction of sp³-hybridized carbons (Fsp3) is 0.625. The minimum absolute atomic E-state index is 0.0447. The first kappa shape index (κ1) is 17.1. The van der Waals surface area contributed by atoms with E-state index in [4.69, 9.17) is 0 Å². The Labute approximate surface area is 122 Å². The Morgan fingerprint density at radius 2 is 1.85 bits per heavy atom. The van der Waals surface area contributed by atoms with Crippen LogP contribution in [-0.4, -0.2) is 57.1 Å². The van der Waals surface area contributed by atoms with Crippen molar-refractivity contribution in [3.8, 4) is 0 Å². The fourth-order valence-electron chi connectivity index (χ4n) is 2.12. The van der Waals surface area contributed by atoms with Crippen LogP contribution in [0.5, 0.6) is 0 Å².